The molecular weight excluding hydrogens is 422 g/mol. The average Bonchev–Trinajstić information content (AvgIpc) is 2.77. The summed E-state index contributed by atoms with van der Waals surface area (Å²) >= 11 is 1.25. The maximum absolute atomic E-state index is 13.3. The predicted octanol–water partition coefficient (Wildman–Crippen LogP) is 3.67. The number of pyridine rings is 1. The van der Waals surface area contributed by atoms with Gasteiger partial charge in [-0.15, -0.1) is 0 Å². The molecule has 8 heteroatoms. The fraction of sp³-hybridized carbons (Fsp3) is 0.250. The van der Waals surface area contributed by atoms with Gasteiger partial charge in [-0.25, -0.2) is 0 Å². The molecule has 164 valence electrons. The highest BCUT2D eigenvalue weighted by Crippen LogP contribution is 2.40. The zero-order valence-corrected chi connectivity index (χ0v) is 19.0. The Morgan fingerprint density at radius 2 is 1.88 bits per heavy atom. The number of amides is 2. The van der Waals surface area contributed by atoms with E-state index in [0.717, 1.165) is 5.56 Å². The highest BCUT2D eigenvalue weighted by Gasteiger charge is 2.34. The fourth-order valence-electron chi connectivity index (χ4n) is 3.44. The van der Waals surface area contributed by atoms with Gasteiger partial charge in [0.25, 0.3) is 5.91 Å². The number of hydrogen-bond acceptors (Lipinski definition) is 6. The first-order chi connectivity index (χ1) is 15.4. The van der Waals surface area contributed by atoms with Gasteiger partial charge in [-0.1, -0.05) is 30.0 Å². The number of nitriles is 1. The molecule has 0 bridgehead atoms. The summed E-state index contributed by atoms with van der Waals surface area (Å²) in [5.74, 6) is -0.833. The Labute approximate surface area is 192 Å². The number of carbonyl (C=O) groups excluding carboxylic acids is 2. The van der Waals surface area contributed by atoms with Crippen molar-refractivity contribution in [2.24, 2.45) is 0 Å². The summed E-state index contributed by atoms with van der Waals surface area (Å²) in [4.78, 5) is 29.5. The third kappa shape index (κ3) is 5.56. The molecule has 0 radical (unpaired) electrons. The second-order valence-electron chi connectivity index (χ2n) is 7.56. The molecule has 3 rings (SSSR count). The number of aromatic nitrogens is 1. The van der Waals surface area contributed by atoms with Crippen LogP contribution in [0.1, 0.15) is 32.3 Å². The number of allylic oxidation sites excluding steroid dienone is 2. The van der Waals surface area contributed by atoms with Crippen LogP contribution in [0.15, 0.2) is 76.7 Å². The van der Waals surface area contributed by atoms with E-state index in [-0.39, 0.29) is 23.6 Å². The van der Waals surface area contributed by atoms with Gasteiger partial charge < -0.3 is 16.0 Å². The van der Waals surface area contributed by atoms with E-state index in [9.17, 15) is 14.9 Å². The number of rotatable bonds is 7. The minimum absolute atomic E-state index is 0.0336. The lowest BCUT2D eigenvalue weighted by Crippen LogP contribution is -2.33. The first-order valence-corrected chi connectivity index (χ1v) is 11.2. The number of thioether (sulfide) groups is 1. The molecule has 0 saturated carbocycles. The van der Waals surface area contributed by atoms with Crippen molar-refractivity contribution in [1.82, 2.24) is 15.6 Å². The standard InChI is InChI=1S/C24H25N5O2S/c1-15(2)27-20(30)14-32-24-19(13-25)22(17-9-11-26-12-10-17)21(16(3)28-24)23(31)29-18-7-5-4-6-8-18/h4-12,15,22,28H,14H2,1-3H3,(H,27,30)(H,29,31)/t22-/m0/s1. The Balaban J connectivity index is 1.96. The summed E-state index contributed by atoms with van der Waals surface area (Å²) < 4.78 is 0. The Bertz CT molecular complexity index is 1090. The highest BCUT2D eigenvalue weighted by atomic mass is 32.2. The molecule has 0 aliphatic carbocycles. The van der Waals surface area contributed by atoms with Crippen LogP contribution in [-0.4, -0.2) is 28.6 Å². The first kappa shape index (κ1) is 23.1. The monoisotopic (exact) mass is 447 g/mol. The third-order valence-electron chi connectivity index (χ3n) is 4.76. The Hall–Kier alpha value is -3.57. The molecular formula is C24H25N5O2S. The molecule has 0 fully saturated rings. The third-order valence-corrected chi connectivity index (χ3v) is 5.78. The number of hydrogen-bond donors (Lipinski definition) is 3. The van der Waals surface area contributed by atoms with Crippen LogP contribution in [0.2, 0.25) is 0 Å². The number of nitrogens with one attached hydrogen (secondary N) is 3. The van der Waals surface area contributed by atoms with E-state index >= 15 is 0 Å². The molecule has 2 amide bonds. The SMILES string of the molecule is CC1=C(C(=O)Nc2ccccc2)[C@@H](c2ccncc2)C(C#N)=C(SCC(=O)NC(C)C)N1. The van der Waals surface area contributed by atoms with Gasteiger partial charge in [0.2, 0.25) is 5.91 Å². The number of anilines is 1. The topological polar surface area (TPSA) is 107 Å². The van der Waals surface area contributed by atoms with Crippen molar-refractivity contribution in [2.45, 2.75) is 32.7 Å². The van der Waals surface area contributed by atoms with E-state index in [1.54, 1.807) is 43.6 Å². The molecule has 2 aromatic rings. The smallest absolute Gasteiger partial charge is 0.254 e. The molecule has 1 aliphatic heterocycles. The molecule has 1 atom stereocenters. The summed E-state index contributed by atoms with van der Waals surface area (Å²) in [5.41, 5.74) is 2.92. The summed E-state index contributed by atoms with van der Waals surface area (Å²) in [6, 6.07) is 15.1. The fourth-order valence-corrected chi connectivity index (χ4v) is 4.34. The Kier molecular flexibility index (Phi) is 7.68. The van der Waals surface area contributed by atoms with Crippen LogP contribution in [0.5, 0.6) is 0 Å². The van der Waals surface area contributed by atoms with Gasteiger partial charge in [-0.3, -0.25) is 14.6 Å². The molecule has 1 aromatic heterocycles. The second kappa shape index (κ2) is 10.6. The van der Waals surface area contributed by atoms with E-state index in [1.807, 2.05) is 32.0 Å². The van der Waals surface area contributed by atoms with E-state index in [1.165, 1.54) is 11.8 Å². The van der Waals surface area contributed by atoms with Crippen LogP contribution >= 0.6 is 11.8 Å². The van der Waals surface area contributed by atoms with Crippen molar-refractivity contribution in [3.63, 3.8) is 0 Å². The minimum Gasteiger partial charge on any atom is -0.353 e. The maximum Gasteiger partial charge on any atom is 0.254 e. The maximum atomic E-state index is 13.3. The number of nitrogens with zero attached hydrogens (tertiary/aromatic N) is 2. The molecule has 0 unspecified atom stereocenters. The van der Waals surface area contributed by atoms with Crippen LogP contribution in [0.4, 0.5) is 5.69 Å². The van der Waals surface area contributed by atoms with Crippen molar-refractivity contribution < 1.29 is 9.59 Å². The summed E-state index contributed by atoms with van der Waals surface area (Å²) in [7, 11) is 0. The zero-order valence-electron chi connectivity index (χ0n) is 18.2. The van der Waals surface area contributed by atoms with Crippen molar-refractivity contribution >= 4 is 29.3 Å². The summed E-state index contributed by atoms with van der Waals surface area (Å²) in [6.45, 7) is 5.59. The van der Waals surface area contributed by atoms with E-state index in [4.69, 9.17) is 0 Å². The quantitative estimate of drug-likeness (QED) is 0.598. The molecule has 0 spiro atoms. The van der Waals surface area contributed by atoms with Gasteiger partial charge in [0.05, 0.1) is 28.3 Å². The number of carbonyl (C=O) groups is 2. The molecule has 7 nitrogen and oxygen atoms in total. The lowest BCUT2D eigenvalue weighted by molar-refractivity contribution is -0.119. The van der Waals surface area contributed by atoms with E-state index in [0.29, 0.717) is 27.6 Å². The number of dihydropyridines is 1. The largest absolute Gasteiger partial charge is 0.353 e. The van der Waals surface area contributed by atoms with E-state index < -0.39 is 5.92 Å². The van der Waals surface area contributed by atoms with E-state index in [2.05, 4.69) is 27.0 Å². The van der Waals surface area contributed by atoms with Crippen molar-refractivity contribution in [3.8, 4) is 6.07 Å². The second-order valence-corrected chi connectivity index (χ2v) is 8.55. The van der Waals surface area contributed by atoms with Crippen LogP contribution < -0.4 is 16.0 Å². The average molecular weight is 448 g/mol. The van der Waals surface area contributed by atoms with Gasteiger partial charge >= 0.3 is 0 Å². The first-order valence-electron chi connectivity index (χ1n) is 10.2. The zero-order chi connectivity index (χ0) is 23.1. The van der Waals surface area contributed by atoms with Gasteiger partial charge in [0.15, 0.2) is 0 Å². The molecule has 3 N–H and O–H groups in total. The van der Waals surface area contributed by atoms with Crippen LogP contribution in [0.25, 0.3) is 0 Å². The lowest BCUT2D eigenvalue weighted by atomic mass is 9.82. The minimum atomic E-state index is -0.580. The van der Waals surface area contributed by atoms with Gasteiger partial charge in [0, 0.05) is 35.4 Å². The van der Waals surface area contributed by atoms with Crippen LogP contribution in [0, 0.1) is 11.3 Å². The molecule has 32 heavy (non-hydrogen) atoms. The van der Waals surface area contributed by atoms with Gasteiger partial charge in [-0.05, 0) is 50.6 Å². The van der Waals surface area contributed by atoms with Gasteiger partial charge in [0.1, 0.15) is 0 Å². The number of para-hydroxylation sites is 1. The molecule has 1 aliphatic rings. The Morgan fingerprint density at radius 3 is 2.50 bits per heavy atom. The van der Waals surface area contributed by atoms with Crippen molar-refractivity contribution in [1.29, 1.82) is 5.26 Å². The summed E-state index contributed by atoms with van der Waals surface area (Å²) in [5, 5.41) is 19.6. The predicted molar refractivity (Wildman–Crippen MR) is 126 cm³/mol. The molecule has 0 saturated heterocycles. The molecule has 2 heterocycles. The Morgan fingerprint density at radius 1 is 1.19 bits per heavy atom. The lowest BCUT2D eigenvalue weighted by Gasteiger charge is -2.29. The molecule has 1 aromatic carbocycles. The normalized spacial score (nSPS) is 15.8. The van der Waals surface area contributed by atoms with Crippen LogP contribution in [0.3, 0.4) is 0 Å². The number of benzene rings is 1. The van der Waals surface area contributed by atoms with Crippen molar-refractivity contribution in [3.05, 3.63) is 82.3 Å². The summed E-state index contributed by atoms with van der Waals surface area (Å²) in [6.07, 6.45) is 3.27. The van der Waals surface area contributed by atoms with Crippen molar-refractivity contribution in [2.75, 3.05) is 11.1 Å². The van der Waals surface area contributed by atoms with Crippen LogP contribution in [-0.2, 0) is 9.59 Å². The van der Waals surface area contributed by atoms with Gasteiger partial charge in [-0.2, -0.15) is 5.26 Å². The highest BCUT2D eigenvalue weighted by molar-refractivity contribution is 8.03.